The monoisotopic (exact) mass is 371 g/mol. The Bertz CT molecular complexity index is 942. The van der Waals surface area contributed by atoms with E-state index in [4.69, 9.17) is 9.72 Å². The van der Waals surface area contributed by atoms with E-state index in [0.29, 0.717) is 29.0 Å². The van der Waals surface area contributed by atoms with E-state index >= 15 is 0 Å². The summed E-state index contributed by atoms with van der Waals surface area (Å²) in [6.45, 7) is 10.9. The number of esters is 1. The van der Waals surface area contributed by atoms with Crippen molar-refractivity contribution in [3.8, 4) is 0 Å². The standard InChI is InChI=1S/C18H25N7O2/c1-6-7-24-16(21-22-23-24)10-27-18(26)13-8-15(11(2)3)20-17-14(13)9-19-25(17)12(4)5/h8-9,11-12H,6-7,10H2,1-5H3. The van der Waals surface area contributed by atoms with E-state index < -0.39 is 5.97 Å². The lowest BCUT2D eigenvalue weighted by atomic mass is 10.1. The molecule has 0 aliphatic carbocycles. The van der Waals surface area contributed by atoms with Crippen molar-refractivity contribution in [3.05, 3.63) is 29.3 Å². The lowest BCUT2D eigenvalue weighted by molar-refractivity contribution is 0.0458. The Morgan fingerprint density at radius 2 is 2.04 bits per heavy atom. The summed E-state index contributed by atoms with van der Waals surface area (Å²) in [6.07, 6.45) is 2.56. The van der Waals surface area contributed by atoms with Gasteiger partial charge in [-0.1, -0.05) is 20.8 Å². The van der Waals surface area contributed by atoms with Crippen molar-refractivity contribution in [2.75, 3.05) is 0 Å². The predicted octanol–water partition coefficient (Wildman–Crippen LogP) is 2.89. The summed E-state index contributed by atoms with van der Waals surface area (Å²) < 4.78 is 8.97. The number of carbonyl (C=O) groups is 1. The van der Waals surface area contributed by atoms with Gasteiger partial charge in [0.05, 0.1) is 17.1 Å². The van der Waals surface area contributed by atoms with Crippen molar-refractivity contribution in [1.29, 1.82) is 0 Å². The van der Waals surface area contributed by atoms with Crippen LogP contribution in [0, 0.1) is 0 Å². The Balaban J connectivity index is 1.92. The average molecular weight is 371 g/mol. The van der Waals surface area contributed by atoms with Gasteiger partial charge >= 0.3 is 5.97 Å². The second-order valence-corrected chi connectivity index (χ2v) is 7.06. The van der Waals surface area contributed by atoms with Gasteiger partial charge in [0.15, 0.2) is 18.1 Å². The largest absolute Gasteiger partial charge is 0.454 e. The van der Waals surface area contributed by atoms with Crippen molar-refractivity contribution in [2.45, 2.75) is 66.2 Å². The molecule has 3 aromatic heterocycles. The number of hydrogen-bond acceptors (Lipinski definition) is 7. The van der Waals surface area contributed by atoms with Gasteiger partial charge in [-0.3, -0.25) is 0 Å². The van der Waals surface area contributed by atoms with Crippen LogP contribution in [-0.4, -0.2) is 40.9 Å². The first-order valence-electron chi connectivity index (χ1n) is 9.22. The van der Waals surface area contributed by atoms with Gasteiger partial charge in [0.1, 0.15) is 0 Å². The number of tetrazole rings is 1. The molecule has 0 saturated heterocycles. The maximum absolute atomic E-state index is 12.8. The van der Waals surface area contributed by atoms with Crippen LogP contribution in [0.15, 0.2) is 12.3 Å². The van der Waals surface area contributed by atoms with Crippen LogP contribution in [0.2, 0.25) is 0 Å². The summed E-state index contributed by atoms with van der Waals surface area (Å²) in [6, 6.07) is 1.93. The smallest absolute Gasteiger partial charge is 0.339 e. The van der Waals surface area contributed by atoms with Gasteiger partial charge in [0.2, 0.25) is 0 Å². The van der Waals surface area contributed by atoms with Gasteiger partial charge < -0.3 is 4.74 Å². The molecule has 0 atom stereocenters. The fraction of sp³-hybridized carbons (Fsp3) is 0.556. The maximum Gasteiger partial charge on any atom is 0.339 e. The SMILES string of the molecule is CCCn1nnnc1COC(=O)c1cc(C(C)C)nc2c1cnn2C(C)C. The number of hydrogen-bond donors (Lipinski definition) is 0. The Morgan fingerprint density at radius 3 is 2.70 bits per heavy atom. The molecule has 0 amide bonds. The van der Waals surface area contributed by atoms with Crippen molar-refractivity contribution in [1.82, 2.24) is 35.0 Å². The van der Waals surface area contributed by atoms with Crippen molar-refractivity contribution < 1.29 is 9.53 Å². The number of carbonyl (C=O) groups excluding carboxylic acids is 1. The maximum atomic E-state index is 12.8. The second-order valence-electron chi connectivity index (χ2n) is 7.06. The van der Waals surface area contributed by atoms with Crippen molar-refractivity contribution in [2.24, 2.45) is 0 Å². The van der Waals surface area contributed by atoms with Crippen LogP contribution in [0.5, 0.6) is 0 Å². The van der Waals surface area contributed by atoms with Gasteiger partial charge in [-0.2, -0.15) is 5.10 Å². The third-order valence-corrected chi connectivity index (χ3v) is 4.26. The van der Waals surface area contributed by atoms with Crippen LogP contribution in [-0.2, 0) is 17.9 Å². The van der Waals surface area contributed by atoms with E-state index in [1.54, 1.807) is 16.9 Å². The average Bonchev–Trinajstić information content (AvgIpc) is 3.25. The van der Waals surface area contributed by atoms with Crippen LogP contribution < -0.4 is 0 Å². The topological polar surface area (TPSA) is 101 Å². The minimum absolute atomic E-state index is 0.0188. The highest BCUT2D eigenvalue weighted by atomic mass is 16.5. The molecule has 0 radical (unpaired) electrons. The van der Waals surface area contributed by atoms with Gasteiger partial charge in [-0.25, -0.2) is 19.1 Å². The van der Waals surface area contributed by atoms with Crippen molar-refractivity contribution in [3.63, 3.8) is 0 Å². The van der Waals surface area contributed by atoms with Gasteiger partial charge in [-0.05, 0) is 42.7 Å². The van der Waals surface area contributed by atoms with E-state index in [0.717, 1.165) is 12.1 Å². The molecule has 0 saturated carbocycles. The molecule has 0 aromatic carbocycles. The predicted molar refractivity (Wildman–Crippen MR) is 99.2 cm³/mol. The van der Waals surface area contributed by atoms with Gasteiger partial charge in [0.25, 0.3) is 0 Å². The first-order valence-corrected chi connectivity index (χ1v) is 9.22. The van der Waals surface area contributed by atoms with E-state index in [2.05, 4.69) is 20.6 Å². The molecular weight excluding hydrogens is 346 g/mol. The molecule has 0 spiro atoms. The van der Waals surface area contributed by atoms with Crippen LogP contribution in [0.25, 0.3) is 11.0 Å². The summed E-state index contributed by atoms with van der Waals surface area (Å²) in [5, 5.41) is 16.6. The zero-order valence-corrected chi connectivity index (χ0v) is 16.4. The van der Waals surface area contributed by atoms with Crippen molar-refractivity contribution >= 4 is 17.0 Å². The Labute approximate surface area is 157 Å². The first kappa shape index (κ1) is 18.9. The Morgan fingerprint density at radius 1 is 1.26 bits per heavy atom. The molecule has 0 aliphatic heterocycles. The highest BCUT2D eigenvalue weighted by molar-refractivity contribution is 6.02. The normalized spacial score (nSPS) is 11.7. The fourth-order valence-electron chi connectivity index (χ4n) is 2.80. The molecule has 9 heteroatoms. The molecule has 0 N–H and O–H groups in total. The van der Waals surface area contributed by atoms with Gasteiger partial charge in [0, 0.05) is 18.3 Å². The zero-order chi connectivity index (χ0) is 19.6. The molecule has 3 aromatic rings. The van der Waals surface area contributed by atoms with E-state index in [9.17, 15) is 4.79 Å². The summed E-state index contributed by atoms with van der Waals surface area (Å²) in [5.74, 6) is 0.268. The minimum Gasteiger partial charge on any atom is -0.454 e. The molecular formula is C18H25N7O2. The number of rotatable bonds is 7. The van der Waals surface area contributed by atoms with E-state index in [1.807, 2.05) is 39.3 Å². The number of pyridine rings is 1. The third kappa shape index (κ3) is 3.81. The quantitative estimate of drug-likeness (QED) is 0.589. The highest BCUT2D eigenvalue weighted by Gasteiger charge is 2.20. The number of ether oxygens (including phenoxy) is 1. The number of aromatic nitrogens is 7. The third-order valence-electron chi connectivity index (χ3n) is 4.26. The Kier molecular flexibility index (Phi) is 5.48. The van der Waals surface area contributed by atoms with E-state index in [-0.39, 0.29) is 18.6 Å². The van der Waals surface area contributed by atoms with Crippen LogP contribution >= 0.6 is 0 Å². The summed E-state index contributed by atoms with van der Waals surface area (Å²) in [4.78, 5) is 17.5. The number of aryl methyl sites for hydroxylation is 1. The molecule has 0 bridgehead atoms. The lowest BCUT2D eigenvalue weighted by Crippen LogP contribution is -2.12. The number of fused-ring (bicyclic) bond motifs is 1. The van der Waals surface area contributed by atoms with E-state index in [1.165, 1.54) is 0 Å². The number of nitrogens with zero attached hydrogens (tertiary/aromatic N) is 7. The molecule has 3 heterocycles. The fourth-order valence-corrected chi connectivity index (χ4v) is 2.80. The molecule has 27 heavy (non-hydrogen) atoms. The zero-order valence-electron chi connectivity index (χ0n) is 16.4. The first-order chi connectivity index (χ1) is 12.9. The second kappa shape index (κ2) is 7.81. The molecule has 0 fully saturated rings. The van der Waals surface area contributed by atoms with Gasteiger partial charge in [-0.15, -0.1) is 5.10 Å². The molecule has 0 unspecified atom stereocenters. The highest BCUT2D eigenvalue weighted by Crippen LogP contribution is 2.25. The van der Waals surface area contributed by atoms with Crippen LogP contribution in [0.4, 0.5) is 0 Å². The summed E-state index contributed by atoms with van der Waals surface area (Å²) in [7, 11) is 0. The lowest BCUT2D eigenvalue weighted by Gasteiger charge is -2.12. The minimum atomic E-state index is -0.432. The molecule has 0 aliphatic rings. The Hall–Kier alpha value is -2.84. The molecule has 3 rings (SSSR count). The van der Waals surface area contributed by atoms with Crippen LogP contribution in [0.1, 0.15) is 74.9 Å². The summed E-state index contributed by atoms with van der Waals surface area (Å²) >= 11 is 0. The summed E-state index contributed by atoms with van der Waals surface area (Å²) in [5.41, 5.74) is 1.98. The molecule has 144 valence electrons. The van der Waals surface area contributed by atoms with Crippen LogP contribution in [0.3, 0.4) is 0 Å². The molecule has 9 nitrogen and oxygen atoms in total.